The second-order valence-corrected chi connectivity index (χ2v) is 8.41. The number of carbonyl (C=O) groups excluding carboxylic acids is 1. The van der Waals surface area contributed by atoms with Gasteiger partial charge < -0.3 is 14.8 Å². The summed E-state index contributed by atoms with van der Waals surface area (Å²) in [6, 6.07) is 6.29. The minimum absolute atomic E-state index is 0.106. The third kappa shape index (κ3) is 5.18. The van der Waals surface area contributed by atoms with Crippen molar-refractivity contribution in [3.63, 3.8) is 0 Å². The predicted molar refractivity (Wildman–Crippen MR) is 98.6 cm³/mol. The van der Waals surface area contributed by atoms with Crippen molar-refractivity contribution in [2.75, 3.05) is 33.4 Å². The summed E-state index contributed by atoms with van der Waals surface area (Å²) in [5.74, 6) is 0.163. The van der Waals surface area contributed by atoms with Crippen molar-refractivity contribution in [1.82, 2.24) is 9.62 Å². The monoisotopic (exact) mass is 384 g/mol. The number of hydrogen-bond donors (Lipinski definition) is 1. The van der Waals surface area contributed by atoms with E-state index in [4.69, 9.17) is 9.47 Å². The van der Waals surface area contributed by atoms with Crippen LogP contribution in [0.2, 0.25) is 0 Å². The Morgan fingerprint density at radius 1 is 1.35 bits per heavy atom. The van der Waals surface area contributed by atoms with Crippen LogP contribution in [-0.2, 0) is 19.6 Å². The van der Waals surface area contributed by atoms with Gasteiger partial charge in [-0.1, -0.05) is 0 Å². The molecule has 1 aliphatic heterocycles. The van der Waals surface area contributed by atoms with Crippen LogP contribution >= 0.6 is 0 Å². The number of sulfonamides is 1. The van der Waals surface area contributed by atoms with Crippen molar-refractivity contribution in [2.24, 2.45) is 5.92 Å². The molecule has 0 bridgehead atoms. The Labute approximate surface area is 155 Å². The molecular weight excluding hydrogens is 356 g/mol. The Morgan fingerprint density at radius 2 is 2.04 bits per heavy atom. The number of amides is 1. The Kier molecular flexibility index (Phi) is 7.43. The van der Waals surface area contributed by atoms with Crippen LogP contribution in [-0.4, -0.2) is 58.1 Å². The Balaban J connectivity index is 2.06. The summed E-state index contributed by atoms with van der Waals surface area (Å²) >= 11 is 0. The fraction of sp³-hybridized carbons (Fsp3) is 0.611. The Morgan fingerprint density at radius 3 is 2.65 bits per heavy atom. The van der Waals surface area contributed by atoms with Crippen LogP contribution in [0.15, 0.2) is 29.2 Å². The first-order valence-electron chi connectivity index (χ1n) is 8.90. The Bertz CT molecular complexity index is 690. The van der Waals surface area contributed by atoms with Crippen LogP contribution in [0, 0.1) is 5.92 Å². The number of benzene rings is 1. The molecule has 1 amide bonds. The van der Waals surface area contributed by atoms with E-state index >= 15 is 0 Å². The fourth-order valence-electron chi connectivity index (χ4n) is 3.05. The van der Waals surface area contributed by atoms with Crippen LogP contribution in [0.4, 0.5) is 0 Å². The molecule has 1 aromatic rings. The van der Waals surface area contributed by atoms with Crippen molar-refractivity contribution >= 4 is 15.9 Å². The largest absolute Gasteiger partial charge is 0.494 e. The number of methoxy groups -OCH3 is 1. The van der Waals surface area contributed by atoms with E-state index < -0.39 is 10.0 Å². The maximum Gasteiger partial charge on any atom is 0.243 e. The molecule has 8 heteroatoms. The van der Waals surface area contributed by atoms with E-state index in [2.05, 4.69) is 5.32 Å². The summed E-state index contributed by atoms with van der Waals surface area (Å²) in [5, 5.41) is 2.88. The molecule has 0 unspecified atom stereocenters. The second kappa shape index (κ2) is 9.34. The highest BCUT2D eigenvalue weighted by molar-refractivity contribution is 7.89. The van der Waals surface area contributed by atoms with Crippen LogP contribution in [0.25, 0.3) is 0 Å². The van der Waals surface area contributed by atoms with Crippen molar-refractivity contribution in [3.05, 3.63) is 24.3 Å². The first-order valence-corrected chi connectivity index (χ1v) is 10.3. The number of carbonyl (C=O) groups is 1. The van der Waals surface area contributed by atoms with Gasteiger partial charge in [0.1, 0.15) is 5.75 Å². The van der Waals surface area contributed by atoms with E-state index in [1.54, 1.807) is 31.4 Å². The van der Waals surface area contributed by atoms with Crippen LogP contribution in [0.1, 0.15) is 26.7 Å². The van der Waals surface area contributed by atoms with Gasteiger partial charge >= 0.3 is 0 Å². The van der Waals surface area contributed by atoms with Gasteiger partial charge in [-0.25, -0.2) is 8.42 Å². The zero-order valence-electron chi connectivity index (χ0n) is 15.6. The molecule has 0 aromatic heterocycles. The maximum absolute atomic E-state index is 12.9. The van der Waals surface area contributed by atoms with Crippen molar-refractivity contribution in [1.29, 1.82) is 0 Å². The molecule has 2 atom stereocenters. The van der Waals surface area contributed by atoms with E-state index in [0.29, 0.717) is 38.3 Å². The van der Waals surface area contributed by atoms with Gasteiger partial charge in [-0.2, -0.15) is 4.31 Å². The highest BCUT2D eigenvalue weighted by atomic mass is 32.2. The molecule has 0 saturated carbocycles. The highest BCUT2D eigenvalue weighted by Gasteiger charge is 2.33. The SMILES string of the molecule is CCOc1ccc(S(=O)(=O)N2CCC[C@@H](C(=O)N[C@@H](C)COC)C2)cc1. The number of nitrogens with zero attached hydrogens (tertiary/aromatic N) is 1. The van der Waals surface area contributed by atoms with Gasteiger partial charge in [-0.3, -0.25) is 4.79 Å². The van der Waals surface area contributed by atoms with Gasteiger partial charge in [0.15, 0.2) is 0 Å². The Hall–Kier alpha value is -1.64. The van der Waals surface area contributed by atoms with Crippen LogP contribution in [0.3, 0.4) is 0 Å². The molecule has 1 heterocycles. The molecule has 7 nitrogen and oxygen atoms in total. The zero-order chi connectivity index (χ0) is 19.2. The molecular formula is C18H28N2O5S. The molecule has 1 fully saturated rings. The van der Waals surface area contributed by atoms with Gasteiger partial charge in [-0.15, -0.1) is 0 Å². The average molecular weight is 384 g/mol. The lowest BCUT2D eigenvalue weighted by molar-refractivity contribution is -0.127. The number of ether oxygens (including phenoxy) is 2. The quantitative estimate of drug-likeness (QED) is 0.736. The predicted octanol–water partition coefficient (Wildman–Crippen LogP) is 1.64. The van der Waals surface area contributed by atoms with Gasteiger partial charge in [0.2, 0.25) is 15.9 Å². The van der Waals surface area contributed by atoms with E-state index in [1.807, 2.05) is 13.8 Å². The number of piperidine rings is 1. The summed E-state index contributed by atoms with van der Waals surface area (Å²) in [6.45, 7) is 5.30. The molecule has 1 saturated heterocycles. The van der Waals surface area contributed by atoms with E-state index in [1.165, 1.54) is 4.31 Å². The average Bonchev–Trinajstić information content (AvgIpc) is 2.63. The highest BCUT2D eigenvalue weighted by Crippen LogP contribution is 2.25. The first-order chi connectivity index (χ1) is 12.4. The lowest BCUT2D eigenvalue weighted by Gasteiger charge is -2.31. The van der Waals surface area contributed by atoms with Crippen molar-refractivity contribution in [3.8, 4) is 5.75 Å². The minimum atomic E-state index is -3.63. The third-order valence-electron chi connectivity index (χ3n) is 4.33. The summed E-state index contributed by atoms with van der Waals surface area (Å²) < 4.78 is 37.5. The number of rotatable bonds is 8. The van der Waals surface area contributed by atoms with Crippen LogP contribution < -0.4 is 10.1 Å². The van der Waals surface area contributed by atoms with Gasteiger partial charge in [0.25, 0.3) is 0 Å². The minimum Gasteiger partial charge on any atom is -0.494 e. The maximum atomic E-state index is 12.9. The van der Waals surface area contributed by atoms with E-state index in [-0.39, 0.29) is 29.3 Å². The number of nitrogens with one attached hydrogen (secondary N) is 1. The zero-order valence-corrected chi connectivity index (χ0v) is 16.4. The van der Waals surface area contributed by atoms with Crippen molar-refractivity contribution < 1.29 is 22.7 Å². The van der Waals surface area contributed by atoms with Gasteiger partial charge in [0, 0.05) is 26.2 Å². The van der Waals surface area contributed by atoms with Crippen LogP contribution in [0.5, 0.6) is 5.75 Å². The molecule has 1 N–H and O–H groups in total. The number of hydrogen-bond acceptors (Lipinski definition) is 5. The standard InChI is InChI=1S/C18H28N2O5S/c1-4-25-16-7-9-17(10-8-16)26(22,23)20-11-5-6-15(12-20)18(21)19-14(2)13-24-3/h7-10,14-15H,4-6,11-13H2,1-3H3,(H,19,21)/t14-,15+/m0/s1. The smallest absolute Gasteiger partial charge is 0.243 e. The van der Waals surface area contributed by atoms with Gasteiger partial charge in [-0.05, 0) is 51.0 Å². The lowest BCUT2D eigenvalue weighted by Crippen LogP contribution is -2.47. The summed E-state index contributed by atoms with van der Waals surface area (Å²) in [4.78, 5) is 12.6. The topological polar surface area (TPSA) is 84.9 Å². The van der Waals surface area contributed by atoms with E-state index in [9.17, 15) is 13.2 Å². The summed E-state index contributed by atoms with van der Waals surface area (Å²) in [7, 11) is -2.05. The van der Waals surface area contributed by atoms with Crippen molar-refractivity contribution in [2.45, 2.75) is 37.6 Å². The lowest BCUT2D eigenvalue weighted by atomic mass is 9.98. The third-order valence-corrected chi connectivity index (χ3v) is 6.21. The molecule has 0 aliphatic carbocycles. The molecule has 2 rings (SSSR count). The molecule has 0 spiro atoms. The summed E-state index contributed by atoms with van der Waals surface area (Å²) in [5.41, 5.74) is 0. The second-order valence-electron chi connectivity index (χ2n) is 6.47. The molecule has 1 aliphatic rings. The summed E-state index contributed by atoms with van der Waals surface area (Å²) in [6.07, 6.45) is 1.34. The first kappa shape index (κ1) is 20.7. The molecule has 146 valence electrons. The fourth-order valence-corrected chi connectivity index (χ4v) is 4.57. The normalized spacial score (nSPS) is 19.7. The molecule has 26 heavy (non-hydrogen) atoms. The van der Waals surface area contributed by atoms with Gasteiger partial charge in [0.05, 0.1) is 24.0 Å². The molecule has 1 aromatic carbocycles. The molecule has 0 radical (unpaired) electrons. The van der Waals surface area contributed by atoms with E-state index in [0.717, 1.165) is 0 Å².